The topological polar surface area (TPSA) is 39.6 Å². The van der Waals surface area contributed by atoms with Crippen LogP contribution in [-0.2, 0) is 6.54 Å². The van der Waals surface area contributed by atoms with Gasteiger partial charge in [-0.15, -0.1) is 0 Å². The van der Waals surface area contributed by atoms with Gasteiger partial charge in [-0.05, 0) is 37.8 Å². The first kappa shape index (κ1) is 17.4. The van der Waals surface area contributed by atoms with Gasteiger partial charge in [0.2, 0.25) is 0 Å². The molecule has 0 bridgehead atoms. The monoisotopic (exact) mass is 357 g/mol. The van der Waals surface area contributed by atoms with Crippen LogP contribution in [0.2, 0.25) is 10.0 Å². The third-order valence-corrected chi connectivity index (χ3v) is 5.81. The van der Waals surface area contributed by atoms with Gasteiger partial charge in [0.15, 0.2) is 0 Å². The predicted octanol–water partition coefficient (Wildman–Crippen LogP) is 2.91. The minimum Gasteiger partial charge on any atom is -0.396 e. The van der Waals surface area contributed by atoms with Gasteiger partial charge in [0.1, 0.15) is 0 Å². The largest absolute Gasteiger partial charge is 0.396 e. The predicted molar refractivity (Wildman–Crippen MR) is 93.9 cm³/mol. The van der Waals surface area contributed by atoms with Crippen LogP contribution in [0.1, 0.15) is 24.8 Å². The van der Waals surface area contributed by atoms with E-state index in [1.54, 1.807) is 12.4 Å². The Bertz CT molecular complexity index is 502. The van der Waals surface area contributed by atoms with Crippen molar-refractivity contribution >= 4 is 23.2 Å². The molecule has 0 aliphatic carbocycles. The van der Waals surface area contributed by atoms with Crippen LogP contribution in [-0.4, -0.2) is 59.2 Å². The molecule has 0 aromatic carbocycles. The molecule has 4 nitrogen and oxygen atoms in total. The van der Waals surface area contributed by atoms with Gasteiger partial charge in [0.05, 0.1) is 10.0 Å². The van der Waals surface area contributed by atoms with Crippen LogP contribution >= 0.6 is 23.2 Å². The summed E-state index contributed by atoms with van der Waals surface area (Å²) < 4.78 is 0. The van der Waals surface area contributed by atoms with Crippen molar-refractivity contribution in [2.75, 3.05) is 39.3 Å². The highest BCUT2D eigenvalue weighted by atomic mass is 35.5. The third kappa shape index (κ3) is 4.37. The van der Waals surface area contributed by atoms with Crippen molar-refractivity contribution in [3.05, 3.63) is 28.0 Å². The SMILES string of the molecule is OC[C@@H]1CN(Cc2c(Cl)cncc2Cl)C[C@@H]1CN1CCCCC1. The Labute approximate surface area is 148 Å². The number of aromatic nitrogens is 1. The van der Waals surface area contributed by atoms with E-state index in [1.807, 2.05) is 0 Å². The molecule has 0 unspecified atom stereocenters. The molecular formula is C17H25Cl2N3O. The van der Waals surface area contributed by atoms with Crippen LogP contribution < -0.4 is 0 Å². The lowest BCUT2D eigenvalue weighted by molar-refractivity contribution is 0.149. The normalized spacial score (nSPS) is 26.7. The van der Waals surface area contributed by atoms with E-state index >= 15 is 0 Å². The number of hydrogen-bond acceptors (Lipinski definition) is 4. The van der Waals surface area contributed by atoms with E-state index in [0.29, 0.717) is 21.9 Å². The zero-order valence-electron chi connectivity index (χ0n) is 13.4. The van der Waals surface area contributed by atoms with Crippen molar-refractivity contribution in [1.29, 1.82) is 0 Å². The van der Waals surface area contributed by atoms with Crippen molar-refractivity contribution in [2.45, 2.75) is 25.8 Å². The molecular weight excluding hydrogens is 333 g/mol. The fourth-order valence-corrected chi connectivity index (χ4v) is 4.35. The molecule has 2 saturated heterocycles. The lowest BCUT2D eigenvalue weighted by Gasteiger charge is -2.30. The number of nitrogens with zero attached hydrogens (tertiary/aromatic N) is 3. The summed E-state index contributed by atoms with van der Waals surface area (Å²) in [5.74, 6) is 0.869. The molecule has 0 radical (unpaired) electrons. The summed E-state index contributed by atoms with van der Waals surface area (Å²) in [4.78, 5) is 8.94. The number of aliphatic hydroxyl groups excluding tert-OH is 1. The minimum atomic E-state index is 0.257. The molecule has 1 aromatic rings. The standard InChI is InChI=1S/C17H25Cl2N3O/c18-16-6-20-7-17(19)15(16)11-22-9-13(14(10-22)12-23)8-21-4-2-1-3-5-21/h6-7,13-14,23H,1-5,8-12H2/t13-,14-/m0/s1. The van der Waals surface area contributed by atoms with Gasteiger partial charge in [0, 0.05) is 50.7 Å². The summed E-state index contributed by atoms with van der Waals surface area (Å²) in [6, 6.07) is 0. The van der Waals surface area contributed by atoms with E-state index < -0.39 is 0 Å². The van der Waals surface area contributed by atoms with Gasteiger partial charge in [0.25, 0.3) is 0 Å². The number of halogens is 2. The molecule has 2 aliphatic heterocycles. The lowest BCUT2D eigenvalue weighted by atomic mass is 9.95. The van der Waals surface area contributed by atoms with Gasteiger partial charge in [-0.25, -0.2) is 0 Å². The van der Waals surface area contributed by atoms with Crippen molar-refractivity contribution in [3.63, 3.8) is 0 Å². The zero-order chi connectivity index (χ0) is 16.2. The van der Waals surface area contributed by atoms with E-state index in [2.05, 4.69) is 14.8 Å². The fourth-order valence-electron chi connectivity index (χ4n) is 3.87. The Morgan fingerprint density at radius 3 is 2.30 bits per heavy atom. The first-order chi connectivity index (χ1) is 11.2. The van der Waals surface area contributed by atoms with E-state index in [9.17, 15) is 5.11 Å². The van der Waals surface area contributed by atoms with Gasteiger partial charge < -0.3 is 10.0 Å². The molecule has 0 amide bonds. The Hall–Kier alpha value is -0.390. The van der Waals surface area contributed by atoms with Crippen molar-refractivity contribution in [1.82, 2.24) is 14.8 Å². The maximum absolute atomic E-state index is 9.75. The first-order valence-corrected chi connectivity index (χ1v) is 9.26. The maximum atomic E-state index is 9.75. The molecule has 2 aliphatic rings. The second-order valence-electron chi connectivity index (χ2n) is 6.84. The second kappa shape index (κ2) is 8.13. The van der Waals surface area contributed by atoms with Gasteiger partial charge >= 0.3 is 0 Å². The summed E-state index contributed by atoms with van der Waals surface area (Å²) >= 11 is 12.5. The smallest absolute Gasteiger partial charge is 0.0649 e. The number of piperidine rings is 1. The number of rotatable bonds is 5. The zero-order valence-corrected chi connectivity index (χ0v) is 14.9. The molecule has 23 heavy (non-hydrogen) atoms. The first-order valence-electron chi connectivity index (χ1n) is 8.51. The number of hydrogen-bond donors (Lipinski definition) is 1. The molecule has 3 heterocycles. The summed E-state index contributed by atoms with van der Waals surface area (Å²) in [7, 11) is 0. The van der Waals surface area contributed by atoms with E-state index in [0.717, 1.165) is 31.7 Å². The quantitative estimate of drug-likeness (QED) is 0.879. The Kier molecular flexibility index (Phi) is 6.16. The van der Waals surface area contributed by atoms with Gasteiger partial charge in [-0.2, -0.15) is 0 Å². The molecule has 2 fully saturated rings. The van der Waals surface area contributed by atoms with Gasteiger partial charge in [-0.3, -0.25) is 9.88 Å². The molecule has 6 heteroatoms. The van der Waals surface area contributed by atoms with Crippen molar-refractivity contribution < 1.29 is 5.11 Å². The molecule has 1 N–H and O–H groups in total. The molecule has 2 atom stereocenters. The van der Waals surface area contributed by atoms with Crippen LogP contribution in [0.3, 0.4) is 0 Å². The summed E-state index contributed by atoms with van der Waals surface area (Å²) in [5.41, 5.74) is 0.943. The number of aliphatic hydroxyl groups is 1. The summed E-state index contributed by atoms with van der Waals surface area (Å²) in [6.45, 7) is 6.40. The average Bonchev–Trinajstić information content (AvgIpc) is 2.94. The van der Waals surface area contributed by atoms with E-state index in [4.69, 9.17) is 23.2 Å². The number of likely N-dealkylation sites (tertiary alicyclic amines) is 2. The van der Waals surface area contributed by atoms with Crippen molar-refractivity contribution in [2.24, 2.45) is 11.8 Å². The second-order valence-corrected chi connectivity index (χ2v) is 7.65. The lowest BCUT2D eigenvalue weighted by Crippen LogP contribution is -2.37. The van der Waals surface area contributed by atoms with Crippen LogP contribution in [0.5, 0.6) is 0 Å². The Morgan fingerprint density at radius 1 is 1.00 bits per heavy atom. The molecule has 1 aromatic heterocycles. The van der Waals surface area contributed by atoms with Crippen molar-refractivity contribution in [3.8, 4) is 0 Å². The Balaban J connectivity index is 1.61. The third-order valence-electron chi connectivity index (χ3n) is 5.16. The summed E-state index contributed by atoms with van der Waals surface area (Å²) in [6.07, 6.45) is 7.27. The highest BCUT2D eigenvalue weighted by molar-refractivity contribution is 6.35. The van der Waals surface area contributed by atoms with Crippen LogP contribution in [0.15, 0.2) is 12.4 Å². The Morgan fingerprint density at radius 2 is 1.65 bits per heavy atom. The van der Waals surface area contributed by atoms with Crippen LogP contribution in [0.25, 0.3) is 0 Å². The molecule has 0 spiro atoms. The average molecular weight is 358 g/mol. The molecule has 0 saturated carbocycles. The van der Waals surface area contributed by atoms with E-state index in [-0.39, 0.29) is 6.61 Å². The van der Waals surface area contributed by atoms with Gasteiger partial charge in [-0.1, -0.05) is 29.6 Å². The summed E-state index contributed by atoms with van der Waals surface area (Å²) in [5, 5.41) is 11.0. The fraction of sp³-hybridized carbons (Fsp3) is 0.706. The molecule has 128 valence electrons. The number of pyridine rings is 1. The molecule has 3 rings (SSSR count). The highest BCUT2D eigenvalue weighted by Gasteiger charge is 2.34. The maximum Gasteiger partial charge on any atom is 0.0649 e. The minimum absolute atomic E-state index is 0.257. The van der Waals surface area contributed by atoms with Crippen LogP contribution in [0.4, 0.5) is 0 Å². The van der Waals surface area contributed by atoms with Crippen LogP contribution in [0, 0.1) is 11.8 Å². The van der Waals surface area contributed by atoms with E-state index in [1.165, 1.54) is 32.4 Å². The highest BCUT2D eigenvalue weighted by Crippen LogP contribution is 2.30.